The van der Waals surface area contributed by atoms with Crippen LogP contribution in [0.4, 0.5) is 4.79 Å². The maximum Gasteiger partial charge on any atom is 0.419 e. The van der Waals surface area contributed by atoms with E-state index in [9.17, 15) is 19.2 Å². The first kappa shape index (κ1) is 29.1. The minimum atomic E-state index is -1.05. The highest BCUT2D eigenvalue weighted by molar-refractivity contribution is 5.93. The molecule has 11 heteroatoms. The molecule has 1 aliphatic carbocycles. The quantitative estimate of drug-likeness (QED) is 0.346. The average Bonchev–Trinajstić information content (AvgIpc) is 3.66. The van der Waals surface area contributed by atoms with Gasteiger partial charge in [-0.1, -0.05) is 18.2 Å². The van der Waals surface area contributed by atoms with Crippen LogP contribution in [-0.4, -0.2) is 85.7 Å². The van der Waals surface area contributed by atoms with E-state index < -0.39 is 35.9 Å². The van der Waals surface area contributed by atoms with Crippen molar-refractivity contribution in [1.29, 1.82) is 0 Å². The lowest BCUT2D eigenvalue weighted by atomic mass is 10.0. The number of fused-ring (bicyclic) bond motifs is 1. The highest BCUT2D eigenvalue weighted by Gasteiger charge is 2.36. The Morgan fingerprint density at radius 1 is 1.08 bits per heavy atom. The molecule has 1 heterocycles. The van der Waals surface area contributed by atoms with Crippen molar-refractivity contribution in [3.05, 3.63) is 36.0 Å². The van der Waals surface area contributed by atoms with Gasteiger partial charge in [0.1, 0.15) is 11.6 Å². The minimum absolute atomic E-state index is 0.0596. The van der Waals surface area contributed by atoms with E-state index >= 15 is 0 Å². The predicted molar refractivity (Wildman–Crippen MR) is 138 cm³/mol. The Balaban J connectivity index is 1.81. The third-order valence-electron chi connectivity index (χ3n) is 6.10. The SMILES string of the molecule is COC(=O)C(Cc1cn(C(=O)OC(C)(C)C)c2ccccc12)NC(=O)CN(CC(OC)OC)C(=O)C1CC1. The Morgan fingerprint density at radius 2 is 1.74 bits per heavy atom. The number of carbonyl (C=O) groups excluding carboxylic acids is 4. The second-order valence-electron chi connectivity index (χ2n) is 10.3. The smallest absolute Gasteiger partial charge is 0.419 e. The number of methoxy groups -OCH3 is 3. The number of aromatic nitrogens is 1. The summed E-state index contributed by atoms with van der Waals surface area (Å²) in [4.78, 5) is 52.7. The molecule has 38 heavy (non-hydrogen) atoms. The van der Waals surface area contributed by atoms with Crippen LogP contribution in [0.3, 0.4) is 0 Å². The van der Waals surface area contributed by atoms with Crippen LogP contribution in [0.2, 0.25) is 0 Å². The van der Waals surface area contributed by atoms with Gasteiger partial charge in [0.05, 0.1) is 25.7 Å². The van der Waals surface area contributed by atoms with Gasteiger partial charge in [-0.3, -0.25) is 14.2 Å². The number of rotatable bonds is 11. The standard InChI is InChI=1S/C27H37N3O8/c1-27(2,3)38-26(34)30-14-18(19-9-7-8-10-21(19)30)13-20(25(33)37-6)28-22(31)15-29(16-23(35-4)36-5)24(32)17-11-12-17/h7-10,14,17,20,23H,11-13,15-16H2,1-6H3,(H,28,31). The van der Waals surface area contributed by atoms with E-state index in [-0.39, 0.29) is 31.3 Å². The van der Waals surface area contributed by atoms with Crippen molar-refractivity contribution in [2.45, 2.75) is 58.0 Å². The molecule has 1 fully saturated rings. The summed E-state index contributed by atoms with van der Waals surface area (Å²) in [6.45, 7) is 5.13. The number of benzene rings is 1. The highest BCUT2D eigenvalue weighted by atomic mass is 16.7. The van der Waals surface area contributed by atoms with Crippen LogP contribution in [0.1, 0.15) is 39.2 Å². The Kier molecular flexibility index (Phi) is 9.50. The van der Waals surface area contributed by atoms with Crippen LogP contribution in [0.25, 0.3) is 10.9 Å². The van der Waals surface area contributed by atoms with Gasteiger partial charge < -0.3 is 29.2 Å². The third kappa shape index (κ3) is 7.55. The summed E-state index contributed by atoms with van der Waals surface area (Å²) in [5, 5.41) is 3.43. The Bertz CT molecular complexity index is 1160. The minimum Gasteiger partial charge on any atom is -0.467 e. The van der Waals surface area contributed by atoms with Crippen molar-refractivity contribution in [2.24, 2.45) is 5.92 Å². The molecule has 0 radical (unpaired) electrons. The van der Waals surface area contributed by atoms with Crippen molar-refractivity contribution < 1.29 is 38.1 Å². The van der Waals surface area contributed by atoms with Gasteiger partial charge >= 0.3 is 12.1 Å². The number of nitrogens with zero attached hydrogens (tertiary/aromatic N) is 2. The summed E-state index contributed by atoms with van der Waals surface area (Å²) in [6.07, 6.45) is 1.96. The lowest BCUT2D eigenvalue weighted by Gasteiger charge is -2.26. The fourth-order valence-corrected chi connectivity index (χ4v) is 4.09. The van der Waals surface area contributed by atoms with E-state index in [1.165, 1.54) is 30.8 Å². The summed E-state index contributed by atoms with van der Waals surface area (Å²) in [6, 6.07) is 6.17. The van der Waals surface area contributed by atoms with Gasteiger partial charge in [0.2, 0.25) is 11.8 Å². The molecule has 0 aliphatic heterocycles. The first-order valence-corrected chi connectivity index (χ1v) is 12.5. The Labute approximate surface area is 222 Å². The molecule has 208 valence electrons. The zero-order chi connectivity index (χ0) is 28.0. The average molecular weight is 532 g/mol. The van der Waals surface area contributed by atoms with Crippen LogP contribution >= 0.6 is 0 Å². The van der Waals surface area contributed by atoms with Crippen molar-refractivity contribution in [2.75, 3.05) is 34.4 Å². The number of carbonyl (C=O) groups is 4. The van der Waals surface area contributed by atoms with E-state index in [0.717, 1.165) is 18.2 Å². The number of esters is 1. The second kappa shape index (κ2) is 12.4. The van der Waals surface area contributed by atoms with Crippen LogP contribution in [0.15, 0.2) is 30.5 Å². The number of nitrogens with one attached hydrogen (secondary N) is 1. The Morgan fingerprint density at radius 3 is 2.32 bits per heavy atom. The fourth-order valence-electron chi connectivity index (χ4n) is 4.09. The maximum atomic E-state index is 13.0. The monoisotopic (exact) mass is 531 g/mol. The molecular weight excluding hydrogens is 494 g/mol. The second-order valence-corrected chi connectivity index (χ2v) is 10.3. The molecule has 0 spiro atoms. The van der Waals surface area contributed by atoms with E-state index in [1.54, 1.807) is 39.1 Å². The first-order chi connectivity index (χ1) is 18.0. The van der Waals surface area contributed by atoms with Gasteiger partial charge in [-0.2, -0.15) is 0 Å². The van der Waals surface area contributed by atoms with Gasteiger partial charge in [-0.05, 0) is 45.2 Å². The summed E-state index contributed by atoms with van der Waals surface area (Å²) < 4.78 is 22.3. The number of para-hydroxylation sites is 1. The topological polar surface area (TPSA) is 125 Å². The number of hydrogen-bond donors (Lipinski definition) is 1. The summed E-state index contributed by atoms with van der Waals surface area (Å²) in [7, 11) is 4.14. The zero-order valence-electron chi connectivity index (χ0n) is 22.8. The van der Waals surface area contributed by atoms with Gasteiger partial charge in [0.25, 0.3) is 0 Å². The molecule has 1 aromatic heterocycles. The molecule has 2 aromatic rings. The molecule has 2 amide bonds. The lowest BCUT2D eigenvalue weighted by Crippen LogP contribution is -2.50. The molecule has 1 atom stereocenters. The van der Waals surface area contributed by atoms with Crippen molar-refractivity contribution in [1.82, 2.24) is 14.8 Å². The van der Waals surface area contributed by atoms with E-state index in [0.29, 0.717) is 11.1 Å². The van der Waals surface area contributed by atoms with Crippen molar-refractivity contribution in [3.8, 4) is 0 Å². The molecule has 3 rings (SSSR count). The van der Waals surface area contributed by atoms with Crippen LogP contribution in [-0.2, 0) is 39.8 Å². The summed E-state index contributed by atoms with van der Waals surface area (Å²) in [5.74, 6) is -1.46. The highest BCUT2D eigenvalue weighted by Crippen LogP contribution is 2.31. The van der Waals surface area contributed by atoms with Gasteiger partial charge in [0, 0.05) is 38.1 Å². The molecule has 1 aliphatic rings. The zero-order valence-corrected chi connectivity index (χ0v) is 22.8. The van der Waals surface area contributed by atoms with Crippen molar-refractivity contribution >= 4 is 34.8 Å². The number of ether oxygens (including phenoxy) is 4. The molecule has 1 aromatic carbocycles. The van der Waals surface area contributed by atoms with Crippen LogP contribution in [0.5, 0.6) is 0 Å². The third-order valence-corrected chi connectivity index (χ3v) is 6.10. The fraction of sp³-hybridized carbons (Fsp3) is 0.556. The maximum absolute atomic E-state index is 13.0. The van der Waals surface area contributed by atoms with E-state index in [4.69, 9.17) is 18.9 Å². The Hall–Kier alpha value is -3.44. The molecule has 0 saturated heterocycles. The van der Waals surface area contributed by atoms with Crippen LogP contribution < -0.4 is 5.32 Å². The van der Waals surface area contributed by atoms with Crippen molar-refractivity contribution in [3.63, 3.8) is 0 Å². The predicted octanol–water partition coefficient (Wildman–Crippen LogP) is 2.48. The van der Waals surface area contributed by atoms with Gasteiger partial charge in [0.15, 0.2) is 6.29 Å². The van der Waals surface area contributed by atoms with E-state index in [1.807, 2.05) is 12.1 Å². The van der Waals surface area contributed by atoms with E-state index in [2.05, 4.69) is 5.32 Å². The molecule has 0 bridgehead atoms. The number of amides is 2. The summed E-state index contributed by atoms with van der Waals surface area (Å²) >= 11 is 0. The van der Waals surface area contributed by atoms with Gasteiger partial charge in [-0.25, -0.2) is 9.59 Å². The first-order valence-electron chi connectivity index (χ1n) is 12.5. The molecule has 11 nitrogen and oxygen atoms in total. The summed E-state index contributed by atoms with van der Waals surface area (Å²) in [5.41, 5.74) is 0.560. The van der Waals surface area contributed by atoms with Crippen LogP contribution in [0, 0.1) is 5.92 Å². The molecule has 1 unspecified atom stereocenters. The largest absolute Gasteiger partial charge is 0.467 e. The normalized spacial score (nSPS) is 14.3. The molecular formula is C27H37N3O8. The number of hydrogen-bond acceptors (Lipinski definition) is 8. The molecule has 1 N–H and O–H groups in total. The lowest BCUT2D eigenvalue weighted by molar-refractivity contribution is -0.151. The molecule has 1 saturated carbocycles. The van der Waals surface area contributed by atoms with Gasteiger partial charge in [-0.15, -0.1) is 0 Å².